The highest BCUT2D eigenvalue weighted by Crippen LogP contribution is 2.39. The fraction of sp³-hybridized carbons (Fsp3) is 0.350. The fourth-order valence-electron chi connectivity index (χ4n) is 3.85. The van der Waals surface area contributed by atoms with Gasteiger partial charge in [-0.25, -0.2) is 8.78 Å². The molecule has 1 aromatic heterocycles. The Morgan fingerprint density at radius 2 is 1.96 bits per heavy atom. The van der Waals surface area contributed by atoms with Crippen molar-refractivity contribution in [3.63, 3.8) is 0 Å². The Hall–Kier alpha value is -3.03. The van der Waals surface area contributed by atoms with E-state index in [4.69, 9.17) is 0 Å². The van der Waals surface area contributed by atoms with Crippen molar-refractivity contribution in [2.24, 2.45) is 0 Å². The molecular weight excluding hydrogens is 370 g/mol. The topological polar surface area (TPSA) is 88.4 Å². The van der Waals surface area contributed by atoms with Crippen molar-refractivity contribution < 1.29 is 23.5 Å². The first kappa shape index (κ1) is 19.7. The number of hydrogen-bond acceptors (Lipinski definition) is 4. The van der Waals surface area contributed by atoms with Crippen LogP contribution in [0.3, 0.4) is 0 Å². The average molecular weight is 390 g/mol. The zero-order chi connectivity index (χ0) is 20.7. The molecule has 1 aromatic carbocycles. The number of Topliss-reactive ketones (excluding diaryl/α,β-unsaturated/α-hetero) is 1. The predicted octanol–water partition coefficient (Wildman–Crippen LogP) is 3.03. The van der Waals surface area contributed by atoms with Crippen LogP contribution in [0.5, 0.6) is 5.75 Å². The van der Waals surface area contributed by atoms with E-state index in [1.165, 1.54) is 17.6 Å². The summed E-state index contributed by atoms with van der Waals surface area (Å²) in [4.78, 5) is 37.4. The Balaban J connectivity index is 2.04. The van der Waals surface area contributed by atoms with Gasteiger partial charge in [0, 0.05) is 36.8 Å². The highest BCUT2D eigenvalue weighted by Gasteiger charge is 2.36. The number of carbonyl (C=O) groups is 2. The number of amides is 1. The van der Waals surface area contributed by atoms with Crippen molar-refractivity contribution in [1.82, 2.24) is 9.88 Å². The van der Waals surface area contributed by atoms with Gasteiger partial charge in [0.05, 0.1) is 0 Å². The van der Waals surface area contributed by atoms with Crippen LogP contribution in [0.4, 0.5) is 8.78 Å². The normalized spacial score (nSPS) is 18.0. The second-order valence-corrected chi connectivity index (χ2v) is 7.12. The molecule has 2 atom stereocenters. The van der Waals surface area contributed by atoms with Crippen LogP contribution in [0.15, 0.2) is 23.0 Å². The van der Waals surface area contributed by atoms with Crippen molar-refractivity contribution in [2.75, 3.05) is 0 Å². The van der Waals surface area contributed by atoms with Crippen LogP contribution < -0.4 is 10.7 Å². The Morgan fingerprint density at radius 3 is 2.57 bits per heavy atom. The van der Waals surface area contributed by atoms with E-state index >= 15 is 0 Å². The minimum absolute atomic E-state index is 0.0532. The van der Waals surface area contributed by atoms with E-state index < -0.39 is 34.5 Å². The maximum atomic E-state index is 13.8. The van der Waals surface area contributed by atoms with Crippen molar-refractivity contribution in [3.05, 3.63) is 62.6 Å². The van der Waals surface area contributed by atoms with Gasteiger partial charge in [-0.3, -0.25) is 14.4 Å². The summed E-state index contributed by atoms with van der Waals surface area (Å²) in [5, 5.41) is 12.7. The molecule has 0 spiro atoms. The molecule has 1 aliphatic heterocycles. The van der Waals surface area contributed by atoms with Gasteiger partial charge in [-0.15, -0.1) is 0 Å². The molecule has 0 unspecified atom stereocenters. The van der Waals surface area contributed by atoms with E-state index in [0.29, 0.717) is 18.2 Å². The number of aromatic nitrogens is 1. The molecule has 0 fully saturated rings. The first-order valence-corrected chi connectivity index (χ1v) is 8.87. The Labute approximate surface area is 159 Å². The van der Waals surface area contributed by atoms with Crippen LogP contribution in [0.2, 0.25) is 0 Å². The number of pyridine rings is 1. The van der Waals surface area contributed by atoms with Gasteiger partial charge in [-0.1, -0.05) is 13.0 Å². The molecule has 0 saturated heterocycles. The molecule has 1 amide bonds. The van der Waals surface area contributed by atoms with Gasteiger partial charge in [0.2, 0.25) is 5.43 Å². The number of ketones is 1. The maximum Gasteiger partial charge on any atom is 0.257 e. The SMILES string of the molecule is CC(=O)c1c(O)c(=O)c(C(=O)NCc2ccc(F)cc2F)c2n1[C@@H](C)C[C@@H]2C. The third-order valence-corrected chi connectivity index (χ3v) is 5.04. The van der Waals surface area contributed by atoms with Crippen LogP contribution in [0.1, 0.15) is 71.3 Å². The quantitative estimate of drug-likeness (QED) is 0.786. The standard InChI is InChI=1S/C20H20F2N2O4/c1-9-6-10(2)24-16(9)15(18(26)19(27)17(24)11(3)25)20(28)23-8-12-4-5-13(21)7-14(12)22/h4-5,7,9-10,27H,6,8H2,1-3H3,(H,23,28)/t9-,10-/m0/s1. The largest absolute Gasteiger partial charge is 0.503 e. The summed E-state index contributed by atoms with van der Waals surface area (Å²) in [7, 11) is 0. The summed E-state index contributed by atoms with van der Waals surface area (Å²) < 4.78 is 28.3. The van der Waals surface area contributed by atoms with Crippen LogP contribution in [0.25, 0.3) is 0 Å². The van der Waals surface area contributed by atoms with E-state index in [9.17, 15) is 28.3 Å². The molecule has 2 heterocycles. The van der Waals surface area contributed by atoms with Crippen LogP contribution in [0, 0.1) is 11.6 Å². The highest BCUT2D eigenvalue weighted by molar-refractivity contribution is 6.00. The fourth-order valence-corrected chi connectivity index (χ4v) is 3.85. The van der Waals surface area contributed by atoms with E-state index in [-0.39, 0.29) is 35.3 Å². The lowest BCUT2D eigenvalue weighted by Gasteiger charge is -2.19. The van der Waals surface area contributed by atoms with Crippen molar-refractivity contribution in [2.45, 2.75) is 45.7 Å². The number of hydrogen-bond donors (Lipinski definition) is 2. The lowest BCUT2D eigenvalue weighted by Crippen LogP contribution is -2.33. The van der Waals surface area contributed by atoms with E-state index in [1.807, 2.05) is 13.8 Å². The molecule has 6 nitrogen and oxygen atoms in total. The van der Waals surface area contributed by atoms with Crippen molar-refractivity contribution >= 4 is 11.7 Å². The van der Waals surface area contributed by atoms with Gasteiger partial charge in [-0.05, 0) is 25.3 Å². The number of rotatable bonds is 4. The van der Waals surface area contributed by atoms with E-state index in [1.54, 1.807) is 0 Å². The Kier molecular flexibility index (Phi) is 5.06. The number of carbonyl (C=O) groups excluding carboxylic acids is 2. The highest BCUT2D eigenvalue weighted by atomic mass is 19.1. The van der Waals surface area contributed by atoms with Crippen molar-refractivity contribution in [3.8, 4) is 5.75 Å². The predicted molar refractivity (Wildman–Crippen MR) is 97.6 cm³/mol. The second kappa shape index (κ2) is 7.18. The molecule has 0 saturated carbocycles. The number of nitrogens with zero attached hydrogens (tertiary/aromatic N) is 1. The van der Waals surface area contributed by atoms with Gasteiger partial charge >= 0.3 is 0 Å². The third-order valence-electron chi connectivity index (χ3n) is 5.04. The second-order valence-electron chi connectivity index (χ2n) is 7.12. The summed E-state index contributed by atoms with van der Waals surface area (Å²) in [6, 6.07) is 2.78. The maximum absolute atomic E-state index is 13.8. The summed E-state index contributed by atoms with van der Waals surface area (Å²) >= 11 is 0. The van der Waals surface area contributed by atoms with Crippen LogP contribution in [-0.4, -0.2) is 21.4 Å². The van der Waals surface area contributed by atoms with Gasteiger partial charge in [0.1, 0.15) is 22.9 Å². The number of benzene rings is 1. The number of nitrogens with one attached hydrogen (secondary N) is 1. The molecule has 2 aromatic rings. The minimum Gasteiger partial charge on any atom is -0.503 e. The number of halogens is 2. The zero-order valence-corrected chi connectivity index (χ0v) is 15.7. The zero-order valence-electron chi connectivity index (χ0n) is 15.7. The van der Waals surface area contributed by atoms with Gasteiger partial charge in [0.15, 0.2) is 11.5 Å². The van der Waals surface area contributed by atoms with Gasteiger partial charge < -0.3 is 15.0 Å². The van der Waals surface area contributed by atoms with Crippen molar-refractivity contribution in [1.29, 1.82) is 0 Å². The Morgan fingerprint density at radius 1 is 1.29 bits per heavy atom. The molecule has 3 rings (SSSR count). The molecule has 0 aliphatic carbocycles. The minimum atomic E-state index is -0.936. The smallest absolute Gasteiger partial charge is 0.257 e. The molecule has 148 valence electrons. The molecule has 1 aliphatic rings. The molecule has 28 heavy (non-hydrogen) atoms. The van der Waals surface area contributed by atoms with Gasteiger partial charge in [0.25, 0.3) is 5.91 Å². The van der Waals surface area contributed by atoms with Gasteiger partial charge in [-0.2, -0.15) is 0 Å². The van der Waals surface area contributed by atoms with Crippen LogP contribution >= 0.6 is 0 Å². The third kappa shape index (κ3) is 3.19. The van der Waals surface area contributed by atoms with E-state index in [0.717, 1.165) is 6.07 Å². The lowest BCUT2D eigenvalue weighted by atomic mass is 9.99. The van der Waals surface area contributed by atoms with E-state index in [2.05, 4.69) is 5.32 Å². The summed E-state index contributed by atoms with van der Waals surface area (Å²) in [6.45, 7) is 4.64. The summed E-state index contributed by atoms with van der Waals surface area (Å²) in [6.07, 6.45) is 0.593. The first-order chi connectivity index (χ1) is 13.1. The van der Waals surface area contributed by atoms with Crippen LogP contribution in [-0.2, 0) is 6.54 Å². The Bertz CT molecular complexity index is 1050. The molecular formula is C20H20F2N2O4. The molecule has 0 bridgehead atoms. The number of fused-ring (bicyclic) bond motifs is 1. The molecule has 0 radical (unpaired) electrons. The number of aromatic hydroxyl groups is 1. The molecule has 8 heteroatoms. The monoisotopic (exact) mass is 390 g/mol. The average Bonchev–Trinajstić information content (AvgIpc) is 2.89. The molecule has 2 N–H and O–H groups in total. The lowest BCUT2D eigenvalue weighted by molar-refractivity contribution is 0.0942. The summed E-state index contributed by atoms with van der Waals surface area (Å²) in [5.41, 5.74) is -0.885. The first-order valence-electron chi connectivity index (χ1n) is 8.87. The summed E-state index contributed by atoms with van der Waals surface area (Å²) in [5.74, 6) is -3.78.